The van der Waals surface area contributed by atoms with E-state index in [1.54, 1.807) is 30.3 Å². The molecule has 0 spiro atoms. The van der Waals surface area contributed by atoms with Gasteiger partial charge in [0.15, 0.2) is 6.61 Å². The van der Waals surface area contributed by atoms with Crippen LogP contribution in [0.2, 0.25) is 10.0 Å². The Bertz CT molecular complexity index is 1110. The van der Waals surface area contributed by atoms with Crippen LogP contribution in [0.5, 0.6) is 5.75 Å². The van der Waals surface area contributed by atoms with Crippen molar-refractivity contribution in [3.8, 4) is 5.75 Å². The summed E-state index contributed by atoms with van der Waals surface area (Å²) in [6, 6.07) is 21.2. The Balaban J connectivity index is 1.90. The lowest BCUT2D eigenvalue weighted by Gasteiger charge is -2.31. The first kappa shape index (κ1) is 26.1. The number of carbonyl (C=O) groups excluding carboxylic acids is 2. The molecule has 2 amide bonds. The Hall–Kier alpha value is -2.54. The number of benzene rings is 3. The third-order valence-electron chi connectivity index (χ3n) is 5.13. The van der Waals surface area contributed by atoms with Crippen molar-refractivity contribution >= 4 is 50.9 Å². The molecule has 0 fully saturated rings. The number of hydrogen-bond donors (Lipinski definition) is 1. The number of halogens is 3. The topological polar surface area (TPSA) is 58.6 Å². The van der Waals surface area contributed by atoms with Crippen LogP contribution in [0, 0.1) is 0 Å². The number of nitrogens with zero attached hydrogens (tertiary/aromatic N) is 1. The molecule has 3 rings (SSSR count). The highest BCUT2D eigenvalue weighted by Crippen LogP contribution is 2.24. The number of rotatable bonds is 10. The minimum Gasteiger partial charge on any atom is -0.484 e. The van der Waals surface area contributed by atoms with Crippen LogP contribution >= 0.6 is 39.1 Å². The molecule has 0 heterocycles. The van der Waals surface area contributed by atoms with E-state index < -0.39 is 6.04 Å². The van der Waals surface area contributed by atoms with Gasteiger partial charge in [-0.15, -0.1) is 0 Å². The van der Waals surface area contributed by atoms with Crippen LogP contribution in [0.1, 0.15) is 18.1 Å². The van der Waals surface area contributed by atoms with Gasteiger partial charge in [-0.3, -0.25) is 9.59 Å². The van der Waals surface area contributed by atoms with Crippen molar-refractivity contribution in [1.29, 1.82) is 0 Å². The van der Waals surface area contributed by atoms with Crippen molar-refractivity contribution in [3.63, 3.8) is 0 Å². The molecule has 3 aromatic carbocycles. The number of amides is 2. The van der Waals surface area contributed by atoms with Crippen LogP contribution in [-0.2, 0) is 22.6 Å². The summed E-state index contributed by atoms with van der Waals surface area (Å²) in [5, 5.41) is 3.67. The van der Waals surface area contributed by atoms with E-state index in [-0.39, 0.29) is 25.0 Å². The lowest BCUT2D eigenvalue weighted by molar-refractivity contribution is -0.142. The van der Waals surface area contributed by atoms with Gasteiger partial charge in [-0.05, 0) is 54.4 Å². The van der Waals surface area contributed by atoms with Crippen molar-refractivity contribution in [2.24, 2.45) is 0 Å². The second-order valence-corrected chi connectivity index (χ2v) is 9.34. The van der Waals surface area contributed by atoms with Gasteiger partial charge in [0, 0.05) is 24.0 Å². The van der Waals surface area contributed by atoms with E-state index in [0.717, 1.165) is 15.6 Å². The van der Waals surface area contributed by atoms with Crippen LogP contribution < -0.4 is 10.1 Å². The molecule has 3 aromatic rings. The van der Waals surface area contributed by atoms with Crippen LogP contribution in [0.4, 0.5) is 0 Å². The highest BCUT2D eigenvalue weighted by atomic mass is 79.9. The Morgan fingerprint density at radius 1 is 0.971 bits per heavy atom. The molecule has 0 saturated heterocycles. The quantitative estimate of drug-likeness (QED) is 0.333. The second-order valence-electron chi connectivity index (χ2n) is 7.61. The summed E-state index contributed by atoms with van der Waals surface area (Å²) in [5.41, 5.74) is 1.70. The molecule has 0 bridgehead atoms. The van der Waals surface area contributed by atoms with Gasteiger partial charge in [0.05, 0.1) is 10.0 Å². The predicted octanol–water partition coefficient (Wildman–Crippen LogP) is 5.91. The van der Waals surface area contributed by atoms with Crippen molar-refractivity contribution in [3.05, 3.63) is 98.4 Å². The van der Waals surface area contributed by atoms with E-state index >= 15 is 0 Å². The normalized spacial score (nSPS) is 11.5. The molecule has 0 saturated carbocycles. The van der Waals surface area contributed by atoms with Crippen LogP contribution in [0.3, 0.4) is 0 Å². The molecule has 1 N–H and O–H groups in total. The van der Waals surface area contributed by atoms with E-state index in [4.69, 9.17) is 27.9 Å². The summed E-state index contributed by atoms with van der Waals surface area (Å²) in [6.45, 7) is 2.26. The fourth-order valence-electron chi connectivity index (χ4n) is 3.44. The molecule has 34 heavy (non-hydrogen) atoms. The van der Waals surface area contributed by atoms with Crippen LogP contribution in [0.15, 0.2) is 77.3 Å². The Morgan fingerprint density at radius 3 is 2.32 bits per heavy atom. The lowest BCUT2D eigenvalue weighted by atomic mass is 10.0. The molecule has 0 aliphatic carbocycles. The molecule has 0 aliphatic rings. The van der Waals surface area contributed by atoms with Gasteiger partial charge in [0.2, 0.25) is 5.91 Å². The third-order valence-corrected chi connectivity index (χ3v) is 6.40. The van der Waals surface area contributed by atoms with Gasteiger partial charge in [-0.25, -0.2) is 0 Å². The summed E-state index contributed by atoms with van der Waals surface area (Å²) in [7, 11) is 0. The number of ether oxygens (including phenoxy) is 1. The second kappa shape index (κ2) is 12.8. The average Bonchev–Trinajstić information content (AvgIpc) is 2.83. The molecule has 1 atom stereocenters. The highest BCUT2D eigenvalue weighted by molar-refractivity contribution is 9.10. The molecule has 5 nitrogen and oxygen atoms in total. The van der Waals surface area contributed by atoms with Gasteiger partial charge in [0.25, 0.3) is 5.91 Å². The first-order chi connectivity index (χ1) is 16.4. The molecule has 0 unspecified atom stereocenters. The molecular formula is C26H25BrCl2N2O3. The summed E-state index contributed by atoms with van der Waals surface area (Å²) in [5.74, 6) is 0.00763. The first-order valence-corrected chi connectivity index (χ1v) is 12.4. The summed E-state index contributed by atoms with van der Waals surface area (Å²) in [6.07, 6.45) is 0.359. The lowest BCUT2D eigenvalue weighted by Crippen LogP contribution is -2.51. The van der Waals surface area contributed by atoms with Gasteiger partial charge < -0.3 is 15.0 Å². The number of nitrogens with one attached hydrogen (secondary N) is 1. The van der Waals surface area contributed by atoms with E-state index in [1.807, 2.05) is 49.4 Å². The molecule has 0 aromatic heterocycles. The van der Waals surface area contributed by atoms with Gasteiger partial charge in [-0.2, -0.15) is 0 Å². The van der Waals surface area contributed by atoms with E-state index in [1.165, 1.54) is 4.90 Å². The van der Waals surface area contributed by atoms with E-state index in [0.29, 0.717) is 28.8 Å². The van der Waals surface area contributed by atoms with Gasteiger partial charge in [-0.1, -0.05) is 75.5 Å². The first-order valence-electron chi connectivity index (χ1n) is 10.8. The van der Waals surface area contributed by atoms with Crippen LogP contribution in [-0.4, -0.2) is 35.9 Å². The summed E-state index contributed by atoms with van der Waals surface area (Å²) >= 11 is 15.7. The average molecular weight is 564 g/mol. The zero-order valence-electron chi connectivity index (χ0n) is 18.6. The number of carbonyl (C=O) groups is 2. The van der Waals surface area contributed by atoms with E-state index in [9.17, 15) is 9.59 Å². The minimum atomic E-state index is -0.738. The molecule has 0 radical (unpaired) electrons. The number of hydrogen-bond acceptors (Lipinski definition) is 3. The van der Waals surface area contributed by atoms with Crippen molar-refractivity contribution < 1.29 is 14.3 Å². The number of likely N-dealkylation sites (N-methyl/N-ethyl adjacent to an activating group) is 1. The highest BCUT2D eigenvalue weighted by Gasteiger charge is 2.30. The van der Waals surface area contributed by atoms with Gasteiger partial charge >= 0.3 is 0 Å². The van der Waals surface area contributed by atoms with Crippen molar-refractivity contribution in [1.82, 2.24) is 10.2 Å². The Morgan fingerprint density at radius 2 is 1.68 bits per heavy atom. The Kier molecular flexibility index (Phi) is 9.81. The maximum atomic E-state index is 13.4. The zero-order chi connectivity index (χ0) is 24.5. The fourth-order valence-corrected chi connectivity index (χ4v) is 4.02. The third kappa shape index (κ3) is 7.49. The van der Waals surface area contributed by atoms with E-state index in [2.05, 4.69) is 21.2 Å². The van der Waals surface area contributed by atoms with Crippen molar-refractivity contribution in [2.75, 3.05) is 13.2 Å². The zero-order valence-corrected chi connectivity index (χ0v) is 21.7. The van der Waals surface area contributed by atoms with Crippen molar-refractivity contribution in [2.45, 2.75) is 25.9 Å². The maximum Gasteiger partial charge on any atom is 0.261 e. The Labute approximate surface area is 218 Å². The summed E-state index contributed by atoms with van der Waals surface area (Å²) < 4.78 is 6.64. The molecule has 8 heteroatoms. The monoisotopic (exact) mass is 562 g/mol. The standard InChI is InChI=1S/C26H25BrCl2N2O3/c1-2-30-26(33)24(15-18-6-4-3-5-7-18)31(16-19-8-13-22(28)23(29)14-19)25(32)17-34-21-11-9-20(27)10-12-21/h3-14,24H,2,15-17H2,1H3,(H,30,33)/t24-/m0/s1. The van der Waals surface area contributed by atoms with Crippen LogP contribution in [0.25, 0.3) is 0 Å². The largest absolute Gasteiger partial charge is 0.484 e. The maximum absolute atomic E-state index is 13.4. The molecular weight excluding hydrogens is 539 g/mol. The predicted molar refractivity (Wildman–Crippen MR) is 139 cm³/mol. The molecule has 0 aliphatic heterocycles. The van der Waals surface area contributed by atoms with Gasteiger partial charge in [0.1, 0.15) is 11.8 Å². The SMILES string of the molecule is CCNC(=O)[C@H](Cc1ccccc1)N(Cc1ccc(Cl)c(Cl)c1)C(=O)COc1ccc(Br)cc1. The smallest absolute Gasteiger partial charge is 0.261 e. The fraction of sp³-hybridized carbons (Fsp3) is 0.231. The minimum absolute atomic E-state index is 0.175. The molecule has 178 valence electrons. The summed E-state index contributed by atoms with van der Waals surface area (Å²) in [4.78, 5) is 28.1.